The molecule has 7 unspecified atom stereocenters. The molecule has 2 amide bonds. The third-order valence-corrected chi connectivity index (χ3v) is 6.26. The summed E-state index contributed by atoms with van der Waals surface area (Å²) in [5.74, 6) is 1.21. The Morgan fingerprint density at radius 2 is 1.91 bits per heavy atom. The van der Waals surface area contributed by atoms with E-state index in [1.807, 2.05) is 0 Å². The van der Waals surface area contributed by atoms with Gasteiger partial charge >= 0.3 is 5.97 Å². The molecule has 2 bridgehead atoms. The predicted octanol–water partition coefficient (Wildman–Crippen LogP) is 1.52. The SMILES string of the molecule is C=C(C)C(=O)N1C(=O)C2CC3C4CC(CC4OC(C)=O)C3C21. The van der Waals surface area contributed by atoms with Crippen LogP contribution in [0.1, 0.15) is 33.1 Å². The van der Waals surface area contributed by atoms with Gasteiger partial charge in [0.2, 0.25) is 5.91 Å². The van der Waals surface area contributed by atoms with Gasteiger partial charge < -0.3 is 4.74 Å². The first-order valence-corrected chi connectivity index (χ1v) is 8.10. The van der Waals surface area contributed by atoms with E-state index in [0.29, 0.717) is 29.2 Å². The van der Waals surface area contributed by atoms with Gasteiger partial charge in [-0.05, 0) is 49.9 Å². The van der Waals surface area contributed by atoms with E-state index in [4.69, 9.17) is 4.74 Å². The molecule has 4 fully saturated rings. The average molecular weight is 303 g/mol. The molecule has 1 heterocycles. The van der Waals surface area contributed by atoms with Gasteiger partial charge in [-0.15, -0.1) is 0 Å². The van der Waals surface area contributed by atoms with Gasteiger partial charge in [-0.1, -0.05) is 6.58 Å². The Balaban J connectivity index is 1.56. The van der Waals surface area contributed by atoms with Crippen molar-refractivity contribution in [3.63, 3.8) is 0 Å². The summed E-state index contributed by atoms with van der Waals surface area (Å²) in [4.78, 5) is 37.2. The van der Waals surface area contributed by atoms with Crippen molar-refractivity contribution in [1.82, 2.24) is 4.90 Å². The molecule has 0 aromatic carbocycles. The number of ether oxygens (including phenoxy) is 1. The molecule has 22 heavy (non-hydrogen) atoms. The number of amides is 2. The summed E-state index contributed by atoms with van der Waals surface area (Å²) in [5.41, 5.74) is 0.427. The van der Waals surface area contributed by atoms with Crippen molar-refractivity contribution in [3.05, 3.63) is 12.2 Å². The second kappa shape index (κ2) is 4.43. The molecule has 0 radical (unpaired) electrons. The highest BCUT2D eigenvalue weighted by atomic mass is 16.5. The van der Waals surface area contributed by atoms with Crippen molar-refractivity contribution in [3.8, 4) is 0 Å². The van der Waals surface area contributed by atoms with Crippen LogP contribution in [0.25, 0.3) is 0 Å². The zero-order chi connectivity index (χ0) is 15.8. The second-order valence-electron chi connectivity index (χ2n) is 7.41. The molecule has 0 N–H and O–H groups in total. The van der Waals surface area contributed by atoms with Crippen LogP contribution in [0.2, 0.25) is 0 Å². The van der Waals surface area contributed by atoms with Gasteiger partial charge in [0, 0.05) is 12.5 Å². The first-order valence-electron chi connectivity index (χ1n) is 8.10. The van der Waals surface area contributed by atoms with Gasteiger partial charge in [0.05, 0.1) is 12.0 Å². The van der Waals surface area contributed by atoms with Gasteiger partial charge in [-0.25, -0.2) is 0 Å². The number of carbonyl (C=O) groups is 3. The van der Waals surface area contributed by atoms with Crippen LogP contribution in [0.4, 0.5) is 0 Å². The molecule has 3 aliphatic carbocycles. The maximum atomic E-state index is 12.3. The smallest absolute Gasteiger partial charge is 0.302 e. The summed E-state index contributed by atoms with van der Waals surface area (Å²) in [7, 11) is 0. The van der Waals surface area contributed by atoms with Crippen molar-refractivity contribution >= 4 is 17.8 Å². The number of carbonyl (C=O) groups excluding carboxylic acids is 3. The van der Waals surface area contributed by atoms with Crippen molar-refractivity contribution in [2.24, 2.45) is 29.6 Å². The Bertz CT molecular complexity index is 597. The Labute approximate surface area is 129 Å². The minimum atomic E-state index is -0.217. The first kappa shape index (κ1) is 14.0. The molecular formula is C17H21NO4. The van der Waals surface area contributed by atoms with Gasteiger partial charge in [0.1, 0.15) is 6.10 Å². The van der Waals surface area contributed by atoms with Crippen molar-refractivity contribution < 1.29 is 19.1 Å². The van der Waals surface area contributed by atoms with Crippen LogP contribution >= 0.6 is 0 Å². The van der Waals surface area contributed by atoms with Crippen molar-refractivity contribution in [2.75, 3.05) is 0 Å². The topological polar surface area (TPSA) is 63.7 Å². The molecule has 7 atom stereocenters. The van der Waals surface area contributed by atoms with Crippen LogP contribution in [0, 0.1) is 29.6 Å². The third-order valence-electron chi connectivity index (χ3n) is 6.26. The molecular weight excluding hydrogens is 282 g/mol. The number of likely N-dealkylation sites (tertiary alicyclic amines) is 1. The van der Waals surface area contributed by atoms with Gasteiger partial charge in [-0.2, -0.15) is 0 Å². The van der Waals surface area contributed by atoms with E-state index in [1.165, 1.54) is 11.8 Å². The Morgan fingerprint density at radius 1 is 1.18 bits per heavy atom. The molecule has 1 aliphatic heterocycles. The predicted molar refractivity (Wildman–Crippen MR) is 77.3 cm³/mol. The van der Waals surface area contributed by atoms with E-state index in [9.17, 15) is 14.4 Å². The molecule has 4 aliphatic rings. The standard InChI is InChI=1S/C17H21NO4/c1-7(2)16(20)18-15-12(17(18)21)6-11-10-4-9(14(11)15)5-13(10)22-8(3)19/h9-15H,1,4-6H2,2-3H3. The zero-order valence-corrected chi connectivity index (χ0v) is 13.0. The molecule has 5 nitrogen and oxygen atoms in total. The van der Waals surface area contributed by atoms with E-state index >= 15 is 0 Å². The molecule has 4 rings (SSSR count). The van der Waals surface area contributed by atoms with Gasteiger partial charge in [0.25, 0.3) is 5.91 Å². The number of rotatable bonds is 2. The lowest BCUT2D eigenvalue weighted by Gasteiger charge is -2.46. The maximum Gasteiger partial charge on any atom is 0.302 e. The summed E-state index contributed by atoms with van der Waals surface area (Å²) in [6.07, 6.45) is 2.83. The lowest BCUT2D eigenvalue weighted by molar-refractivity contribution is -0.165. The minimum absolute atomic E-state index is 0.000298. The number of esters is 1. The fraction of sp³-hybridized carbons (Fsp3) is 0.706. The van der Waals surface area contributed by atoms with E-state index in [1.54, 1.807) is 6.92 Å². The Kier molecular flexibility index (Phi) is 2.81. The molecule has 0 aromatic rings. The van der Waals surface area contributed by atoms with E-state index in [-0.39, 0.29) is 35.8 Å². The highest BCUT2D eigenvalue weighted by Crippen LogP contribution is 2.64. The Hall–Kier alpha value is -1.65. The number of β-lactam (4-membered cyclic amide) rings is 1. The minimum Gasteiger partial charge on any atom is -0.462 e. The highest BCUT2D eigenvalue weighted by Gasteiger charge is 2.68. The number of nitrogens with zero attached hydrogens (tertiary/aromatic N) is 1. The average Bonchev–Trinajstić information content (AvgIpc) is 3.06. The fourth-order valence-corrected chi connectivity index (χ4v) is 5.67. The van der Waals surface area contributed by atoms with Crippen LogP contribution in [0.15, 0.2) is 12.2 Å². The molecule has 0 aromatic heterocycles. The first-order chi connectivity index (χ1) is 10.4. The van der Waals surface area contributed by atoms with E-state index in [2.05, 4.69) is 6.58 Å². The van der Waals surface area contributed by atoms with Crippen molar-refractivity contribution in [1.29, 1.82) is 0 Å². The highest BCUT2D eigenvalue weighted by molar-refractivity contribution is 6.08. The van der Waals surface area contributed by atoms with Crippen molar-refractivity contribution in [2.45, 2.75) is 45.3 Å². The van der Waals surface area contributed by atoms with E-state index in [0.717, 1.165) is 19.3 Å². The summed E-state index contributed by atoms with van der Waals surface area (Å²) >= 11 is 0. The van der Waals surface area contributed by atoms with Crippen LogP contribution in [0.3, 0.4) is 0 Å². The fourth-order valence-electron chi connectivity index (χ4n) is 5.67. The number of fused-ring (bicyclic) bond motifs is 7. The molecule has 5 heteroatoms. The van der Waals surface area contributed by atoms with Crippen LogP contribution in [-0.4, -0.2) is 34.8 Å². The van der Waals surface area contributed by atoms with Gasteiger partial charge in [0.15, 0.2) is 0 Å². The lowest BCUT2D eigenvalue weighted by atomic mass is 9.76. The zero-order valence-electron chi connectivity index (χ0n) is 13.0. The van der Waals surface area contributed by atoms with Gasteiger partial charge in [-0.3, -0.25) is 19.3 Å². The molecule has 118 valence electrons. The molecule has 1 saturated heterocycles. The monoisotopic (exact) mass is 303 g/mol. The summed E-state index contributed by atoms with van der Waals surface area (Å²) in [6.45, 7) is 6.80. The number of hydrogen-bond donors (Lipinski definition) is 0. The molecule has 3 saturated carbocycles. The third kappa shape index (κ3) is 1.62. The quantitative estimate of drug-likeness (QED) is 0.441. The number of hydrogen-bond acceptors (Lipinski definition) is 4. The normalized spacial score (nSPS) is 44.4. The summed E-state index contributed by atoms with van der Waals surface area (Å²) < 4.78 is 5.47. The second-order valence-corrected chi connectivity index (χ2v) is 7.41. The maximum absolute atomic E-state index is 12.3. The van der Waals surface area contributed by atoms with Crippen LogP contribution in [-0.2, 0) is 19.1 Å². The Morgan fingerprint density at radius 3 is 2.55 bits per heavy atom. The number of imide groups is 1. The molecule has 0 spiro atoms. The summed E-state index contributed by atoms with van der Waals surface area (Å²) in [6, 6.07) is 0.0648. The van der Waals surface area contributed by atoms with Crippen LogP contribution < -0.4 is 0 Å². The summed E-state index contributed by atoms with van der Waals surface area (Å²) in [5, 5.41) is 0. The largest absolute Gasteiger partial charge is 0.462 e. The lowest BCUT2D eigenvalue weighted by Crippen LogP contribution is -2.63. The van der Waals surface area contributed by atoms with Crippen LogP contribution in [0.5, 0.6) is 0 Å². The van der Waals surface area contributed by atoms with E-state index < -0.39 is 0 Å².